The molecule has 1 aliphatic rings. The van der Waals surface area contributed by atoms with Crippen LogP contribution in [0.2, 0.25) is 10.0 Å². The van der Waals surface area contributed by atoms with E-state index in [2.05, 4.69) is 0 Å². The molecule has 29 heavy (non-hydrogen) atoms. The molecule has 1 unspecified atom stereocenters. The lowest BCUT2D eigenvalue weighted by Crippen LogP contribution is -2.37. The number of benzene rings is 2. The molecule has 0 radical (unpaired) electrons. The van der Waals surface area contributed by atoms with Crippen LogP contribution in [0.3, 0.4) is 0 Å². The van der Waals surface area contributed by atoms with Gasteiger partial charge in [-0.05, 0) is 55.7 Å². The minimum Gasteiger partial charge on any atom is -0.496 e. The number of aryl methyl sites for hydroxylation is 1. The number of nitrogens with zero attached hydrogens (tertiary/aromatic N) is 2. The summed E-state index contributed by atoms with van der Waals surface area (Å²) in [4.78, 5) is 20.0. The highest BCUT2D eigenvalue weighted by Crippen LogP contribution is 2.35. The first kappa shape index (κ1) is 20.4. The van der Waals surface area contributed by atoms with Gasteiger partial charge >= 0.3 is 0 Å². The maximum absolute atomic E-state index is 13.6. The average molecular weight is 451 g/mol. The van der Waals surface area contributed by atoms with E-state index in [9.17, 15) is 4.79 Å². The molecule has 0 aliphatic carbocycles. The number of hydrogen-bond donors (Lipinski definition) is 0. The lowest BCUT2D eigenvalue weighted by atomic mass is 10.1. The van der Waals surface area contributed by atoms with Gasteiger partial charge in [0.15, 0.2) is 5.13 Å². The molecule has 2 heterocycles. The molecule has 2 aromatic carbocycles. The second-order valence-electron chi connectivity index (χ2n) is 6.96. The molecular formula is C21H20Cl2N2O3S. The predicted octanol–water partition coefficient (Wildman–Crippen LogP) is 5.75. The molecule has 8 heteroatoms. The number of anilines is 1. The quantitative estimate of drug-likeness (QED) is 0.496. The van der Waals surface area contributed by atoms with Gasteiger partial charge in [-0.3, -0.25) is 9.69 Å². The van der Waals surface area contributed by atoms with Crippen molar-refractivity contribution < 1.29 is 14.3 Å². The Labute approximate surface area is 183 Å². The van der Waals surface area contributed by atoms with Crippen LogP contribution in [0.25, 0.3) is 10.2 Å². The Bertz CT molecular complexity index is 1060. The van der Waals surface area contributed by atoms with Gasteiger partial charge in [-0.25, -0.2) is 4.98 Å². The van der Waals surface area contributed by atoms with Gasteiger partial charge in [-0.2, -0.15) is 0 Å². The van der Waals surface area contributed by atoms with Gasteiger partial charge < -0.3 is 9.47 Å². The van der Waals surface area contributed by atoms with Crippen molar-refractivity contribution in [2.24, 2.45) is 0 Å². The Kier molecular flexibility index (Phi) is 5.97. The molecule has 1 aliphatic heterocycles. The minimum atomic E-state index is -0.220. The molecule has 4 rings (SSSR count). The van der Waals surface area contributed by atoms with E-state index in [4.69, 9.17) is 37.7 Å². The number of ether oxygens (including phenoxy) is 2. The second kappa shape index (κ2) is 8.48. The van der Waals surface area contributed by atoms with Gasteiger partial charge in [0.2, 0.25) is 0 Å². The monoisotopic (exact) mass is 450 g/mol. The number of carbonyl (C=O) groups is 1. The number of hydrogen-bond acceptors (Lipinski definition) is 5. The van der Waals surface area contributed by atoms with E-state index in [1.807, 2.05) is 19.1 Å². The van der Waals surface area contributed by atoms with E-state index >= 15 is 0 Å². The molecule has 1 amide bonds. The summed E-state index contributed by atoms with van der Waals surface area (Å²) < 4.78 is 12.1. The number of amides is 1. The summed E-state index contributed by atoms with van der Waals surface area (Å²) in [5.74, 6) is 0.250. The van der Waals surface area contributed by atoms with E-state index in [1.54, 1.807) is 23.1 Å². The first-order valence-corrected chi connectivity index (χ1v) is 10.9. The zero-order valence-electron chi connectivity index (χ0n) is 16.1. The summed E-state index contributed by atoms with van der Waals surface area (Å²) in [6, 6.07) is 8.77. The van der Waals surface area contributed by atoms with Gasteiger partial charge in [0, 0.05) is 16.7 Å². The molecule has 1 atom stereocenters. The molecule has 3 aromatic rings. The van der Waals surface area contributed by atoms with E-state index < -0.39 is 0 Å². The minimum absolute atomic E-state index is 0.0270. The Balaban J connectivity index is 1.78. The molecule has 0 N–H and O–H groups in total. The van der Waals surface area contributed by atoms with E-state index in [1.165, 1.54) is 18.4 Å². The number of halogens is 2. The number of aromatic nitrogens is 1. The first-order valence-electron chi connectivity index (χ1n) is 9.30. The van der Waals surface area contributed by atoms with Crippen LogP contribution < -0.4 is 9.64 Å². The number of thiazole rings is 1. The van der Waals surface area contributed by atoms with Crippen molar-refractivity contribution >= 4 is 55.8 Å². The molecule has 1 fully saturated rings. The van der Waals surface area contributed by atoms with Crippen LogP contribution in [0, 0.1) is 6.92 Å². The summed E-state index contributed by atoms with van der Waals surface area (Å²) in [5, 5.41) is 1.73. The van der Waals surface area contributed by atoms with Crippen LogP contribution in [0.1, 0.15) is 28.8 Å². The maximum atomic E-state index is 13.6. The van der Waals surface area contributed by atoms with Crippen molar-refractivity contribution in [3.63, 3.8) is 0 Å². The molecule has 0 saturated carbocycles. The van der Waals surface area contributed by atoms with Gasteiger partial charge in [0.05, 0.1) is 35.5 Å². The standard InChI is InChI=1S/C21H20Cl2N2O3S/c1-12-8-14(23)10-18-19(12)24-21(29-18)25(11-15-4-3-7-28-15)20(26)16-9-13(22)5-6-17(16)27-2/h5-6,8-10,15H,3-4,7,11H2,1-2H3. The van der Waals surface area contributed by atoms with Crippen LogP contribution >= 0.6 is 34.5 Å². The zero-order valence-corrected chi connectivity index (χ0v) is 18.4. The normalized spacial score (nSPS) is 16.3. The van der Waals surface area contributed by atoms with Crippen LogP contribution in [0.5, 0.6) is 5.75 Å². The number of carbonyl (C=O) groups excluding carboxylic acids is 1. The Morgan fingerprint density at radius 1 is 1.31 bits per heavy atom. The Morgan fingerprint density at radius 3 is 2.86 bits per heavy atom. The third kappa shape index (κ3) is 4.21. The lowest BCUT2D eigenvalue weighted by Gasteiger charge is -2.24. The molecule has 1 saturated heterocycles. The maximum Gasteiger partial charge on any atom is 0.263 e. The molecule has 1 aromatic heterocycles. The fourth-order valence-corrected chi connectivity index (χ4v) is 5.09. The third-order valence-electron chi connectivity index (χ3n) is 4.92. The van der Waals surface area contributed by atoms with Crippen molar-refractivity contribution in [2.75, 3.05) is 25.2 Å². The van der Waals surface area contributed by atoms with Crippen LogP contribution in [-0.4, -0.2) is 37.3 Å². The molecule has 5 nitrogen and oxygen atoms in total. The second-order valence-corrected chi connectivity index (χ2v) is 8.84. The Hall–Kier alpha value is -1.86. The highest BCUT2D eigenvalue weighted by molar-refractivity contribution is 7.22. The Morgan fingerprint density at radius 2 is 2.14 bits per heavy atom. The molecule has 0 spiro atoms. The topological polar surface area (TPSA) is 51.7 Å². The van der Waals surface area contributed by atoms with Crippen molar-refractivity contribution in [1.82, 2.24) is 4.98 Å². The summed E-state index contributed by atoms with van der Waals surface area (Å²) in [6.45, 7) is 3.09. The van der Waals surface area contributed by atoms with Gasteiger partial charge in [-0.15, -0.1) is 0 Å². The van der Waals surface area contributed by atoms with Crippen molar-refractivity contribution in [1.29, 1.82) is 0 Å². The fourth-order valence-electron chi connectivity index (χ4n) is 3.49. The smallest absolute Gasteiger partial charge is 0.263 e. The van der Waals surface area contributed by atoms with E-state index in [-0.39, 0.29) is 12.0 Å². The van der Waals surface area contributed by atoms with Crippen molar-refractivity contribution in [2.45, 2.75) is 25.9 Å². The lowest BCUT2D eigenvalue weighted by molar-refractivity contribution is 0.0915. The van der Waals surface area contributed by atoms with Gasteiger partial charge in [0.25, 0.3) is 5.91 Å². The first-order chi connectivity index (χ1) is 14.0. The molecule has 0 bridgehead atoms. The predicted molar refractivity (Wildman–Crippen MR) is 118 cm³/mol. The fraction of sp³-hybridized carbons (Fsp3) is 0.333. The SMILES string of the molecule is COc1ccc(Cl)cc1C(=O)N(CC1CCCO1)c1nc2c(C)cc(Cl)cc2s1. The average Bonchev–Trinajstić information content (AvgIpc) is 3.35. The van der Waals surface area contributed by atoms with Crippen LogP contribution in [0.15, 0.2) is 30.3 Å². The van der Waals surface area contributed by atoms with Crippen LogP contribution in [-0.2, 0) is 4.74 Å². The van der Waals surface area contributed by atoms with Crippen molar-refractivity contribution in [3.8, 4) is 5.75 Å². The summed E-state index contributed by atoms with van der Waals surface area (Å²) in [5.41, 5.74) is 2.21. The van der Waals surface area contributed by atoms with Gasteiger partial charge in [0.1, 0.15) is 5.75 Å². The highest BCUT2D eigenvalue weighted by atomic mass is 35.5. The molecular weight excluding hydrogens is 431 g/mol. The zero-order chi connectivity index (χ0) is 20.5. The number of rotatable bonds is 5. The summed E-state index contributed by atoms with van der Waals surface area (Å²) in [7, 11) is 1.54. The van der Waals surface area contributed by atoms with E-state index in [0.717, 1.165) is 28.6 Å². The van der Waals surface area contributed by atoms with Gasteiger partial charge in [-0.1, -0.05) is 34.5 Å². The number of fused-ring (bicyclic) bond motifs is 1. The van der Waals surface area contributed by atoms with Crippen LogP contribution in [0.4, 0.5) is 5.13 Å². The molecule has 152 valence electrons. The van der Waals surface area contributed by atoms with E-state index in [0.29, 0.717) is 39.6 Å². The largest absolute Gasteiger partial charge is 0.496 e. The summed E-state index contributed by atoms with van der Waals surface area (Å²) in [6.07, 6.45) is 1.87. The highest BCUT2D eigenvalue weighted by Gasteiger charge is 2.29. The number of methoxy groups -OCH3 is 1. The third-order valence-corrected chi connectivity index (χ3v) is 6.40. The van der Waals surface area contributed by atoms with Crippen molar-refractivity contribution in [3.05, 3.63) is 51.5 Å². The summed E-state index contributed by atoms with van der Waals surface area (Å²) >= 11 is 13.8.